The van der Waals surface area contributed by atoms with E-state index in [9.17, 15) is 0 Å². The molecule has 0 fully saturated rings. The van der Waals surface area contributed by atoms with Crippen molar-refractivity contribution in [3.63, 3.8) is 0 Å². The van der Waals surface area contributed by atoms with Crippen molar-refractivity contribution >= 4 is 0 Å². The van der Waals surface area contributed by atoms with E-state index in [1.54, 1.807) is 6.33 Å². The summed E-state index contributed by atoms with van der Waals surface area (Å²) in [7, 11) is 2.04. The van der Waals surface area contributed by atoms with Crippen LogP contribution in [0.1, 0.15) is 36.8 Å². The number of benzene rings is 1. The molecule has 0 radical (unpaired) electrons. The van der Waals surface area contributed by atoms with E-state index < -0.39 is 0 Å². The summed E-state index contributed by atoms with van der Waals surface area (Å²) >= 11 is 0. The molecule has 0 saturated carbocycles. The summed E-state index contributed by atoms with van der Waals surface area (Å²) in [6.45, 7) is 5.69. The molecule has 2 rings (SSSR count). The lowest BCUT2D eigenvalue weighted by Gasteiger charge is -2.18. The first-order valence-electron chi connectivity index (χ1n) is 6.66. The predicted octanol–water partition coefficient (Wildman–Crippen LogP) is 2.36. The lowest BCUT2D eigenvalue weighted by atomic mass is 10.1. The van der Waals surface area contributed by atoms with Crippen LogP contribution in [0.5, 0.6) is 0 Å². The molecule has 20 heavy (non-hydrogen) atoms. The van der Waals surface area contributed by atoms with Crippen molar-refractivity contribution in [2.75, 3.05) is 7.05 Å². The van der Waals surface area contributed by atoms with Crippen LogP contribution in [0.4, 0.5) is 0 Å². The van der Waals surface area contributed by atoms with E-state index in [2.05, 4.69) is 34.9 Å². The van der Waals surface area contributed by atoms with Crippen molar-refractivity contribution < 1.29 is 0 Å². The van der Waals surface area contributed by atoms with Gasteiger partial charge in [-0.1, -0.05) is 12.1 Å². The third-order valence-corrected chi connectivity index (χ3v) is 3.06. The highest BCUT2D eigenvalue weighted by Crippen LogP contribution is 2.11. The average Bonchev–Trinajstić information content (AvgIpc) is 2.87. The van der Waals surface area contributed by atoms with E-state index in [-0.39, 0.29) is 0 Å². The van der Waals surface area contributed by atoms with Crippen LogP contribution in [-0.4, -0.2) is 26.7 Å². The zero-order valence-electron chi connectivity index (χ0n) is 12.1. The first-order chi connectivity index (χ1) is 9.60. The second-order valence-corrected chi connectivity index (χ2v) is 5.20. The van der Waals surface area contributed by atoms with Crippen LogP contribution in [-0.2, 0) is 13.1 Å². The van der Waals surface area contributed by atoms with Crippen LogP contribution in [0.25, 0.3) is 0 Å². The van der Waals surface area contributed by atoms with Gasteiger partial charge in [-0.15, -0.1) is 0 Å². The van der Waals surface area contributed by atoms with Gasteiger partial charge in [-0.25, -0.2) is 9.67 Å². The molecule has 0 amide bonds. The van der Waals surface area contributed by atoms with Crippen molar-refractivity contribution in [3.05, 3.63) is 47.5 Å². The summed E-state index contributed by atoms with van der Waals surface area (Å²) in [5, 5.41) is 13.2. The Balaban J connectivity index is 2.03. The van der Waals surface area contributed by atoms with Crippen LogP contribution in [0.15, 0.2) is 30.6 Å². The highest BCUT2D eigenvalue weighted by molar-refractivity contribution is 5.32. The van der Waals surface area contributed by atoms with E-state index in [4.69, 9.17) is 5.26 Å². The Morgan fingerprint density at radius 3 is 2.85 bits per heavy atom. The molecule has 1 aromatic heterocycles. The van der Waals surface area contributed by atoms with E-state index in [1.807, 2.05) is 36.0 Å². The van der Waals surface area contributed by atoms with Crippen molar-refractivity contribution in [1.82, 2.24) is 19.7 Å². The van der Waals surface area contributed by atoms with Crippen LogP contribution < -0.4 is 0 Å². The van der Waals surface area contributed by atoms with E-state index >= 15 is 0 Å². The van der Waals surface area contributed by atoms with Gasteiger partial charge in [0.1, 0.15) is 12.2 Å². The summed E-state index contributed by atoms with van der Waals surface area (Å²) in [6.07, 6.45) is 1.60. The summed E-state index contributed by atoms with van der Waals surface area (Å²) in [6, 6.07) is 10.2. The van der Waals surface area contributed by atoms with Gasteiger partial charge in [0.25, 0.3) is 0 Å². The molecule has 104 valence electrons. The molecule has 0 N–H and O–H groups in total. The maximum absolute atomic E-state index is 8.92. The fourth-order valence-corrected chi connectivity index (χ4v) is 2.17. The Labute approximate surface area is 119 Å². The molecule has 0 aliphatic carbocycles. The minimum Gasteiger partial charge on any atom is -0.295 e. The molecule has 0 spiro atoms. The maximum atomic E-state index is 8.92. The van der Waals surface area contributed by atoms with Gasteiger partial charge in [0.2, 0.25) is 0 Å². The molecule has 0 aliphatic rings. The van der Waals surface area contributed by atoms with E-state index in [1.165, 1.54) is 0 Å². The van der Waals surface area contributed by atoms with Gasteiger partial charge >= 0.3 is 0 Å². The first-order valence-corrected chi connectivity index (χ1v) is 6.66. The Kier molecular flexibility index (Phi) is 4.49. The monoisotopic (exact) mass is 269 g/mol. The SMILES string of the molecule is CC(C)n1ncnc1CN(C)Cc1cccc(C#N)c1. The van der Waals surface area contributed by atoms with Gasteiger partial charge in [-0.3, -0.25) is 4.90 Å². The van der Waals surface area contributed by atoms with Crippen LogP contribution in [0, 0.1) is 11.3 Å². The van der Waals surface area contributed by atoms with Gasteiger partial charge in [-0.05, 0) is 38.6 Å². The Morgan fingerprint density at radius 2 is 2.15 bits per heavy atom. The molecule has 5 heteroatoms. The molecule has 2 aromatic rings. The number of aromatic nitrogens is 3. The van der Waals surface area contributed by atoms with Crippen molar-refractivity contribution in [1.29, 1.82) is 5.26 Å². The van der Waals surface area contributed by atoms with E-state index in [0.717, 1.165) is 24.5 Å². The molecule has 0 saturated heterocycles. The first kappa shape index (κ1) is 14.2. The van der Waals surface area contributed by atoms with Crippen LogP contribution in [0.3, 0.4) is 0 Å². The molecule has 1 heterocycles. The summed E-state index contributed by atoms with van der Waals surface area (Å²) < 4.78 is 1.93. The fraction of sp³-hybridized carbons (Fsp3) is 0.400. The predicted molar refractivity (Wildman–Crippen MR) is 76.7 cm³/mol. The molecule has 1 aromatic carbocycles. The molecule has 0 atom stereocenters. The van der Waals surface area contributed by atoms with Crippen molar-refractivity contribution in [2.24, 2.45) is 0 Å². The summed E-state index contributed by atoms with van der Waals surface area (Å²) in [5.41, 5.74) is 1.82. The minimum atomic E-state index is 0.308. The fourth-order valence-electron chi connectivity index (χ4n) is 2.17. The van der Waals surface area contributed by atoms with Gasteiger partial charge in [0.15, 0.2) is 0 Å². The highest BCUT2D eigenvalue weighted by Gasteiger charge is 2.10. The van der Waals surface area contributed by atoms with Gasteiger partial charge in [0, 0.05) is 12.6 Å². The third-order valence-electron chi connectivity index (χ3n) is 3.06. The van der Waals surface area contributed by atoms with Gasteiger partial charge < -0.3 is 0 Å². The largest absolute Gasteiger partial charge is 0.295 e. The number of nitrogens with zero attached hydrogens (tertiary/aromatic N) is 5. The molecule has 5 nitrogen and oxygen atoms in total. The molecule has 0 aliphatic heterocycles. The third kappa shape index (κ3) is 3.43. The van der Waals surface area contributed by atoms with Crippen LogP contribution in [0.2, 0.25) is 0 Å². The Morgan fingerprint density at radius 1 is 1.35 bits per heavy atom. The molecule has 0 unspecified atom stereocenters. The zero-order chi connectivity index (χ0) is 14.5. The Hall–Kier alpha value is -2.19. The number of nitriles is 1. The van der Waals surface area contributed by atoms with Crippen LogP contribution >= 0.6 is 0 Å². The summed E-state index contributed by atoms with van der Waals surface area (Å²) in [4.78, 5) is 6.48. The van der Waals surface area contributed by atoms with Gasteiger partial charge in [0.05, 0.1) is 18.2 Å². The minimum absolute atomic E-state index is 0.308. The molecular formula is C15H19N5. The lowest BCUT2D eigenvalue weighted by molar-refractivity contribution is 0.298. The van der Waals surface area contributed by atoms with Gasteiger partial charge in [-0.2, -0.15) is 10.4 Å². The standard InChI is InChI=1S/C15H19N5/c1-12(2)20-15(17-11-18-20)10-19(3)9-14-6-4-5-13(7-14)8-16/h4-7,11-12H,9-10H2,1-3H3. The number of hydrogen-bond acceptors (Lipinski definition) is 4. The highest BCUT2D eigenvalue weighted by atomic mass is 15.4. The quantitative estimate of drug-likeness (QED) is 0.836. The topological polar surface area (TPSA) is 57.7 Å². The second-order valence-electron chi connectivity index (χ2n) is 5.20. The molecule has 0 bridgehead atoms. The second kappa shape index (κ2) is 6.31. The lowest BCUT2D eigenvalue weighted by Crippen LogP contribution is -2.21. The molecular weight excluding hydrogens is 250 g/mol. The van der Waals surface area contributed by atoms with E-state index in [0.29, 0.717) is 11.6 Å². The average molecular weight is 269 g/mol. The van der Waals surface area contributed by atoms with Crippen molar-refractivity contribution in [3.8, 4) is 6.07 Å². The number of hydrogen-bond donors (Lipinski definition) is 0. The maximum Gasteiger partial charge on any atom is 0.141 e. The normalized spacial score (nSPS) is 11.0. The summed E-state index contributed by atoms with van der Waals surface area (Å²) in [5.74, 6) is 0.957. The zero-order valence-corrected chi connectivity index (χ0v) is 12.1. The number of rotatable bonds is 5. The smallest absolute Gasteiger partial charge is 0.141 e. The Bertz CT molecular complexity index is 609. The van der Waals surface area contributed by atoms with Crippen molar-refractivity contribution in [2.45, 2.75) is 33.0 Å².